The van der Waals surface area contributed by atoms with Crippen molar-refractivity contribution >= 4 is 0 Å². The molecule has 1 aromatic rings. The molecule has 2 unspecified atom stereocenters. The summed E-state index contributed by atoms with van der Waals surface area (Å²) >= 11 is 0. The summed E-state index contributed by atoms with van der Waals surface area (Å²) in [7, 11) is 0. The van der Waals surface area contributed by atoms with Crippen LogP contribution in [-0.4, -0.2) is 17.3 Å². The average Bonchev–Trinajstić information content (AvgIpc) is 2.25. The molecule has 0 radical (unpaired) electrons. The van der Waals surface area contributed by atoms with Crippen LogP contribution in [0.4, 0.5) is 0 Å². The van der Waals surface area contributed by atoms with Crippen molar-refractivity contribution in [3.63, 3.8) is 0 Å². The van der Waals surface area contributed by atoms with Crippen molar-refractivity contribution in [1.29, 1.82) is 0 Å². The van der Waals surface area contributed by atoms with Crippen LogP contribution in [0.15, 0.2) is 18.2 Å². The molecule has 1 aromatic carbocycles. The van der Waals surface area contributed by atoms with Crippen LogP contribution in [0.25, 0.3) is 0 Å². The second-order valence-electron chi connectivity index (χ2n) is 5.39. The fourth-order valence-corrected chi connectivity index (χ4v) is 2.78. The van der Waals surface area contributed by atoms with Crippen molar-refractivity contribution in [2.75, 3.05) is 0 Å². The van der Waals surface area contributed by atoms with E-state index in [2.05, 4.69) is 37.4 Å². The van der Waals surface area contributed by atoms with Crippen molar-refractivity contribution in [2.45, 2.75) is 58.2 Å². The predicted molar refractivity (Wildman–Crippen MR) is 71.0 cm³/mol. The average molecular weight is 233 g/mol. The SMILES string of the molecule is Cc1cc(C)cc(CNC2CCCC(O)C2)c1. The summed E-state index contributed by atoms with van der Waals surface area (Å²) in [6.07, 6.45) is 4.13. The van der Waals surface area contributed by atoms with Crippen molar-refractivity contribution in [3.05, 3.63) is 34.9 Å². The van der Waals surface area contributed by atoms with Gasteiger partial charge in [0.25, 0.3) is 0 Å². The van der Waals surface area contributed by atoms with E-state index in [1.54, 1.807) is 0 Å². The minimum absolute atomic E-state index is 0.0968. The molecule has 0 saturated heterocycles. The first kappa shape index (κ1) is 12.6. The Morgan fingerprint density at radius 1 is 1.18 bits per heavy atom. The molecule has 1 aliphatic carbocycles. The second-order valence-corrected chi connectivity index (χ2v) is 5.39. The van der Waals surface area contributed by atoms with E-state index in [-0.39, 0.29) is 6.10 Å². The lowest BCUT2D eigenvalue weighted by molar-refractivity contribution is 0.111. The third-order valence-corrected chi connectivity index (χ3v) is 3.52. The number of aryl methyl sites for hydroxylation is 2. The summed E-state index contributed by atoms with van der Waals surface area (Å²) in [5, 5.41) is 13.2. The molecule has 0 spiro atoms. The fraction of sp³-hybridized carbons (Fsp3) is 0.600. The molecule has 1 saturated carbocycles. The zero-order valence-corrected chi connectivity index (χ0v) is 10.9. The van der Waals surface area contributed by atoms with Crippen molar-refractivity contribution in [2.24, 2.45) is 0 Å². The van der Waals surface area contributed by atoms with Crippen LogP contribution in [-0.2, 0) is 6.54 Å². The number of aliphatic hydroxyl groups excluding tert-OH is 1. The van der Waals surface area contributed by atoms with Crippen molar-refractivity contribution < 1.29 is 5.11 Å². The van der Waals surface area contributed by atoms with Gasteiger partial charge in [-0.25, -0.2) is 0 Å². The second kappa shape index (κ2) is 5.65. The maximum atomic E-state index is 9.63. The molecule has 2 rings (SSSR count). The quantitative estimate of drug-likeness (QED) is 0.841. The first-order valence-corrected chi connectivity index (χ1v) is 6.62. The van der Waals surface area contributed by atoms with Gasteiger partial charge < -0.3 is 10.4 Å². The van der Waals surface area contributed by atoms with Gasteiger partial charge >= 0.3 is 0 Å². The topological polar surface area (TPSA) is 32.3 Å². The Kier molecular flexibility index (Phi) is 4.19. The monoisotopic (exact) mass is 233 g/mol. The van der Waals surface area contributed by atoms with Crippen LogP contribution < -0.4 is 5.32 Å². The summed E-state index contributed by atoms with van der Waals surface area (Å²) < 4.78 is 0. The molecule has 2 heteroatoms. The lowest BCUT2D eigenvalue weighted by Gasteiger charge is -2.26. The minimum atomic E-state index is -0.0968. The van der Waals surface area contributed by atoms with E-state index in [9.17, 15) is 5.11 Å². The van der Waals surface area contributed by atoms with Gasteiger partial charge in [-0.05, 0) is 45.1 Å². The van der Waals surface area contributed by atoms with E-state index >= 15 is 0 Å². The number of hydrogen-bond acceptors (Lipinski definition) is 2. The van der Waals surface area contributed by atoms with E-state index in [0.29, 0.717) is 6.04 Å². The molecule has 2 nitrogen and oxygen atoms in total. The lowest BCUT2D eigenvalue weighted by Crippen LogP contribution is -2.35. The zero-order valence-electron chi connectivity index (χ0n) is 10.9. The van der Waals surface area contributed by atoms with Crippen LogP contribution in [0.1, 0.15) is 42.4 Å². The molecule has 0 amide bonds. The molecule has 1 aliphatic rings. The molecule has 0 bridgehead atoms. The smallest absolute Gasteiger partial charge is 0.0555 e. The number of benzene rings is 1. The highest BCUT2D eigenvalue weighted by Crippen LogP contribution is 2.19. The van der Waals surface area contributed by atoms with E-state index < -0.39 is 0 Å². The zero-order chi connectivity index (χ0) is 12.3. The van der Waals surface area contributed by atoms with E-state index in [1.165, 1.54) is 23.1 Å². The highest BCUT2D eigenvalue weighted by molar-refractivity contribution is 5.28. The van der Waals surface area contributed by atoms with Crippen molar-refractivity contribution in [3.8, 4) is 0 Å². The van der Waals surface area contributed by atoms with Gasteiger partial charge in [0.05, 0.1) is 6.10 Å². The Balaban J connectivity index is 1.88. The fourth-order valence-electron chi connectivity index (χ4n) is 2.78. The van der Waals surface area contributed by atoms with Crippen molar-refractivity contribution in [1.82, 2.24) is 5.32 Å². The molecule has 0 aromatic heterocycles. The molecule has 1 fully saturated rings. The predicted octanol–water partition coefficient (Wildman–Crippen LogP) is 2.70. The van der Waals surface area contributed by atoms with Gasteiger partial charge in [0.2, 0.25) is 0 Å². The van der Waals surface area contributed by atoms with Gasteiger partial charge in [-0.3, -0.25) is 0 Å². The first-order valence-electron chi connectivity index (χ1n) is 6.62. The molecular formula is C15H23NO. The molecule has 0 aliphatic heterocycles. The Morgan fingerprint density at radius 2 is 1.88 bits per heavy atom. The number of aliphatic hydroxyl groups is 1. The van der Waals surface area contributed by atoms with Crippen LogP contribution in [0.3, 0.4) is 0 Å². The Bertz CT molecular complexity index is 355. The summed E-state index contributed by atoms with van der Waals surface area (Å²) in [5.41, 5.74) is 4.00. The molecule has 94 valence electrons. The van der Waals surface area contributed by atoms with Crippen LogP contribution >= 0.6 is 0 Å². The Labute approximate surface area is 104 Å². The molecule has 2 atom stereocenters. The van der Waals surface area contributed by atoms with Crippen LogP contribution in [0.5, 0.6) is 0 Å². The third kappa shape index (κ3) is 3.83. The maximum Gasteiger partial charge on any atom is 0.0555 e. The van der Waals surface area contributed by atoms with Gasteiger partial charge in [-0.1, -0.05) is 29.3 Å². The minimum Gasteiger partial charge on any atom is -0.393 e. The maximum absolute atomic E-state index is 9.63. The van der Waals surface area contributed by atoms with E-state index in [1.807, 2.05) is 0 Å². The highest BCUT2D eigenvalue weighted by Gasteiger charge is 2.19. The standard InChI is InChI=1S/C15H23NO/c1-11-6-12(2)8-13(7-11)10-16-14-4-3-5-15(17)9-14/h6-8,14-17H,3-5,9-10H2,1-2H3. The summed E-state index contributed by atoms with van der Waals surface area (Å²) in [5.74, 6) is 0. The highest BCUT2D eigenvalue weighted by atomic mass is 16.3. The molecule has 17 heavy (non-hydrogen) atoms. The van der Waals surface area contributed by atoms with Gasteiger partial charge in [0.1, 0.15) is 0 Å². The molecule has 0 heterocycles. The Hall–Kier alpha value is -0.860. The van der Waals surface area contributed by atoms with E-state index in [0.717, 1.165) is 25.8 Å². The summed E-state index contributed by atoms with van der Waals surface area (Å²) in [4.78, 5) is 0. The summed E-state index contributed by atoms with van der Waals surface area (Å²) in [6.45, 7) is 5.20. The lowest BCUT2D eigenvalue weighted by atomic mass is 9.93. The number of rotatable bonds is 3. The number of hydrogen-bond donors (Lipinski definition) is 2. The third-order valence-electron chi connectivity index (χ3n) is 3.52. The normalized spacial score (nSPS) is 24.9. The first-order chi connectivity index (χ1) is 8.13. The van der Waals surface area contributed by atoms with Gasteiger partial charge in [0, 0.05) is 12.6 Å². The van der Waals surface area contributed by atoms with Gasteiger partial charge in [-0.2, -0.15) is 0 Å². The van der Waals surface area contributed by atoms with Gasteiger partial charge in [0.15, 0.2) is 0 Å². The van der Waals surface area contributed by atoms with Gasteiger partial charge in [-0.15, -0.1) is 0 Å². The molecule has 2 N–H and O–H groups in total. The summed E-state index contributed by atoms with van der Waals surface area (Å²) in [6, 6.07) is 7.16. The Morgan fingerprint density at radius 3 is 2.53 bits per heavy atom. The van der Waals surface area contributed by atoms with Crippen LogP contribution in [0, 0.1) is 13.8 Å². The largest absolute Gasteiger partial charge is 0.393 e. The number of nitrogens with one attached hydrogen (secondary N) is 1. The molecular weight excluding hydrogens is 210 g/mol. The van der Waals surface area contributed by atoms with E-state index in [4.69, 9.17) is 0 Å². The van der Waals surface area contributed by atoms with Crippen LogP contribution in [0.2, 0.25) is 0 Å².